The van der Waals surface area contributed by atoms with Gasteiger partial charge in [0.25, 0.3) is 0 Å². The molecule has 2 aliphatic rings. The third-order valence-corrected chi connectivity index (χ3v) is 3.95. The molecule has 0 aromatic rings. The van der Waals surface area contributed by atoms with Gasteiger partial charge < -0.3 is 5.73 Å². The van der Waals surface area contributed by atoms with E-state index in [2.05, 4.69) is 11.8 Å². The fraction of sp³-hybridized carbons (Fsp3) is 1.00. The molecule has 0 amide bonds. The van der Waals surface area contributed by atoms with Gasteiger partial charge in [0, 0.05) is 18.6 Å². The summed E-state index contributed by atoms with van der Waals surface area (Å²) in [6.45, 7) is 4.87. The lowest BCUT2D eigenvalue weighted by Gasteiger charge is -2.38. The molecule has 2 nitrogen and oxygen atoms in total. The van der Waals surface area contributed by atoms with Crippen molar-refractivity contribution in [1.82, 2.24) is 4.90 Å². The summed E-state index contributed by atoms with van der Waals surface area (Å²) in [6.07, 6.45) is 9.52. The van der Waals surface area contributed by atoms with Gasteiger partial charge in [0.1, 0.15) is 0 Å². The second kappa shape index (κ2) is 5.31. The molecule has 2 N–H and O–H groups in total. The minimum Gasteiger partial charge on any atom is -0.326 e. The van der Waals surface area contributed by atoms with Crippen LogP contribution in [-0.2, 0) is 0 Å². The maximum Gasteiger partial charge on any atom is 0.0247 e. The largest absolute Gasteiger partial charge is 0.326 e. The van der Waals surface area contributed by atoms with Crippen molar-refractivity contribution in [2.75, 3.05) is 13.1 Å². The SMILES string of the molecule is CCCN(CC1CC1)C1CCCCC1N. The van der Waals surface area contributed by atoms with E-state index in [0.717, 1.165) is 5.92 Å². The van der Waals surface area contributed by atoms with E-state index in [9.17, 15) is 0 Å². The molecule has 2 atom stereocenters. The zero-order valence-corrected chi connectivity index (χ0v) is 10.1. The molecule has 0 saturated heterocycles. The van der Waals surface area contributed by atoms with Crippen molar-refractivity contribution < 1.29 is 0 Å². The fourth-order valence-corrected chi connectivity index (χ4v) is 2.91. The molecule has 2 aliphatic carbocycles. The van der Waals surface area contributed by atoms with E-state index < -0.39 is 0 Å². The molecule has 2 fully saturated rings. The van der Waals surface area contributed by atoms with Crippen LogP contribution in [0.3, 0.4) is 0 Å². The van der Waals surface area contributed by atoms with Crippen LogP contribution in [0.25, 0.3) is 0 Å². The van der Waals surface area contributed by atoms with Crippen LogP contribution in [0.4, 0.5) is 0 Å². The van der Waals surface area contributed by atoms with Gasteiger partial charge in [-0.05, 0) is 44.6 Å². The molecular weight excluding hydrogens is 184 g/mol. The lowest BCUT2D eigenvalue weighted by atomic mass is 9.89. The first-order valence-corrected chi connectivity index (χ1v) is 6.81. The summed E-state index contributed by atoms with van der Waals surface area (Å²) in [4.78, 5) is 2.70. The quantitative estimate of drug-likeness (QED) is 0.755. The van der Waals surface area contributed by atoms with Gasteiger partial charge in [-0.1, -0.05) is 19.8 Å². The minimum atomic E-state index is 0.448. The number of rotatable bonds is 5. The van der Waals surface area contributed by atoms with Gasteiger partial charge in [-0.2, -0.15) is 0 Å². The third kappa shape index (κ3) is 3.18. The first-order valence-electron chi connectivity index (χ1n) is 6.81. The Kier molecular flexibility index (Phi) is 4.04. The van der Waals surface area contributed by atoms with Gasteiger partial charge >= 0.3 is 0 Å². The van der Waals surface area contributed by atoms with Gasteiger partial charge in [0.15, 0.2) is 0 Å². The van der Waals surface area contributed by atoms with Gasteiger partial charge in [0.05, 0.1) is 0 Å². The lowest BCUT2D eigenvalue weighted by molar-refractivity contribution is 0.131. The molecule has 15 heavy (non-hydrogen) atoms. The highest BCUT2D eigenvalue weighted by Gasteiger charge is 2.31. The van der Waals surface area contributed by atoms with Crippen molar-refractivity contribution in [2.45, 2.75) is 64.0 Å². The normalized spacial score (nSPS) is 32.2. The minimum absolute atomic E-state index is 0.448. The summed E-state index contributed by atoms with van der Waals surface area (Å²) in [7, 11) is 0. The highest BCUT2D eigenvalue weighted by Crippen LogP contribution is 2.32. The average molecular weight is 210 g/mol. The van der Waals surface area contributed by atoms with E-state index in [0.29, 0.717) is 12.1 Å². The van der Waals surface area contributed by atoms with Crippen LogP contribution in [-0.4, -0.2) is 30.1 Å². The second-order valence-electron chi connectivity index (χ2n) is 5.45. The Labute approximate surface area is 94.2 Å². The molecule has 2 saturated carbocycles. The van der Waals surface area contributed by atoms with Crippen molar-refractivity contribution in [2.24, 2.45) is 11.7 Å². The van der Waals surface area contributed by atoms with Crippen LogP contribution in [0.5, 0.6) is 0 Å². The molecule has 0 heterocycles. The van der Waals surface area contributed by atoms with E-state index in [1.165, 1.54) is 58.0 Å². The van der Waals surface area contributed by atoms with Crippen molar-refractivity contribution in [3.05, 3.63) is 0 Å². The van der Waals surface area contributed by atoms with Crippen LogP contribution in [0.1, 0.15) is 51.9 Å². The Bertz CT molecular complexity index is 189. The molecule has 2 unspecified atom stereocenters. The Balaban J connectivity index is 1.88. The zero-order valence-electron chi connectivity index (χ0n) is 10.1. The Hall–Kier alpha value is -0.0800. The van der Waals surface area contributed by atoms with E-state index in [1.807, 2.05) is 0 Å². The standard InChI is InChI=1S/C13H26N2/c1-2-9-15(10-11-7-8-11)13-6-4-3-5-12(13)14/h11-13H,2-10,14H2,1H3. The first kappa shape index (κ1) is 11.4. The summed E-state index contributed by atoms with van der Waals surface area (Å²) in [6, 6.07) is 1.14. The number of nitrogens with two attached hydrogens (primary N) is 1. The maximum absolute atomic E-state index is 6.26. The molecule has 2 rings (SSSR count). The van der Waals surface area contributed by atoms with Crippen molar-refractivity contribution >= 4 is 0 Å². The summed E-state index contributed by atoms with van der Waals surface area (Å²) < 4.78 is 0. The average Bonchev–Trinajstić information content (AvgIpc) is 3.02. The van der Waals surface area contributed by atoms with Gasteiger partial charge in [-0.25, -0.2) is 0 Å². The van der Waals surface area contributed by atoms with E-state index in [4.69, 9.17) is 5.73 Å². The summed E-state index contributed by atoms with van der Waals surface area (Å²) in [5, 5.41) is 0. The van der Waals surface area contributed by atoms with Crippen molar-refractivity contribution in [1.29, 1.82) is 0 Å². The summed E-state index contributed by atoms with van der Waals surface area (Å²) >= 11 is 0. The fourth-order valence-electron chi connectivity index (χ4n) is 2.91. The molecule has 2 heteroatoms. The maximum atomic E-state index is 6.26. The van der Waals surface area contributed by atoms with Crippen LogP contribution < -0.4 is 5.73 Å². The monoisotopic (exact) mass is 210 g/mol. The van der Waals surface area contributed by atoms with Crippen LogP contribution in [0.2, 0.25) is 0 Å². The highest BCUT2D eigenvalue weighted by molar-refractivity contribution is 4.88. The number of nitrogens with zero attached hydrogens (tertiary/aromatic N) is 1. The topological polar surface area (TPSA) is 29.3 Å². The first-order chi connectivity index (χ1) is 7.31. The predicted octanol–water partition coefficient (Wildman–Crippen LogP) is 2.38. The molecule has 0 radical (unpaired) electrons. The predicted molar refractivity (Wildman–Crippen MR) is 64.8 cm³/mol. The molecule has 0 aromatic heterocycles. The van der Waals surface area contributed by atoms with E-state index in [-0.39, 0.29) is 0 Å². The molecule has 88 valence electrons. The number of hydrogen-bond acceptors (Lipinski definition) is 2. The molecule has 0 aromatic carbocycles. The summed E-state index contributed by atoms with van der Waals surface area (Å²) in [5.74, 6) is 1.01. The molecule has 0 bridgehead atoms. The van der Waals surface area contributed by atoms with Gasteiger partial charge in [-0.3, -0.25) is 4.90 Å². The van der Waals surface area contributed by atoms with Crippen molar-refractivity contribution in [3.8, 4) is 0 Å². The van der Waals surface area contributed by atoms with Crippen LogP contribution >= 0.6 is 0 Å². The van der Waals surface area contributed by atoms with Gasteiger partial charge in [-0.15, -0.1) is 0 Å². The second-order valence-corrected chi connectivity index (χ2v) is 5.45. The van der Waals surface area contributed by atoms with Crippen LogP contribution in [0.15, 0.2) is 0 Å². The Morgan fingerprint density at radius 3 is 2.47 bits per heavy atom. The molecule has 0 aliphatic heterocycles. The van der Waals surface area contributed by atoms with Crippen molar-refractivity contribution in [3.63, 3.8) is 0 Å². The smallest absolute Gasteiger partial charge is 0.0247 e. The Morgan fingerprint density at radius 1 is 1.13 bits per heavy atom. The molecule has 0 spiro atoms. The van der Waals surface area contributed by atoms with E-state index >= 15 is 0 Å². The number of hydrogen-bond donors (Lipinski definition) is 1. The van der Waals surface area contributed by atoms with Gasteiger partial charge in [0.2, 0.25) is 0 Å². The molecular formula is C13H26N2. The lowest BCUT2D eigenvalue weighted by Crippen LogP contribution is -2.50. The summed E-state index contributed by atoms with van der Waals surface area (Å²) in [5.41, 5.74) is 6.26. The Morgan fingerprint density at radius 2 is 1.87 bits per heavy atom. The van der Waals surface area contributed by atoms with Crippen LogP contribution in [0, 0.1) is 5.92 Å². The highest BCUT2D eigenvalue weighted by atomic mass is 15.2. The van der Waals surface area contributed by atoms with E-state index in [1.54, 1.807) is 0 Å². The zero-order chi connectivity index (χ0) is 10.7. The third-order valence-electron chi connectivity index (χ3n) is 3.95.